The van der Waals surface area contributed by atoms with Crippen molar-refractivity contribution in [3.05, 3.63) is 0 Å². The van der Waals surface area contributed by atoms with Gasteiger partial charge in [0.1, 0.15) is 0 Å². The summed E-state index contributed by atoms with van der Waals surface area (Å²) < 4.78 is 0. The van der Waals surface area contributed by atoms with Gasteiger partial charge in [-0.1, -0.05) is 46.5 Å². The molecule has 0 unspecified atom stereocenters. The minimum atomic E-state index is 0.904. The number of unbranched alkanes of at least 4 members (excludes halogenated alkanes) is 2. The van der Waals surface area contributed by atoms with Gasteiger partial charge in [-0.25, -0.2) is 0 Å². The fourth-order valence-corrected chi connectivity index (χ4v) is 0.803. The predicted molar refractivity (Wildman–Crippen MR) is 47.1 cm³/mol. The molecule has 0 bridgehead atoms. The minimum Gasteiger partial charge on any atom is -0.400 e. The van der Waals surface area contributed by atoms with Gasteiger partial charge in [0.2, 0.25) is 0 Å². The van der Waals surface area contributed by atoms with Crippen molar-refractivity contribution in [2.75, 3.05) is 7.11 Å². The van der Waals surface area contributed by atoms with Crippen LogP contribution in [-0.4, -0.2) is 12.2 Å². The first-order valence-electron chi connectivity index (χ1n) is 4.22. The molecule has 0 radical (unpaired) electrons. The van der Waals surface area contributed by atoms with Gasteiger partial charge in [-0.2, -0.15) is 0 Å². The Morgan fingerprint density at radius 2 is 1.60 bits per heavy atom. The van der Waals surface area contributed by atoms with E-state index in [-0.39, 0.29) is 0 Å². The van der Waals surface area contributed by atoms with Crippen LogP contribution in [0.3, 0.4) is 0 Å². The molecule has 1 nitrogen and oxygen atoms in total. The monoisotopic (exact) mass is 146 g/mol. The second-order valence-electron chi connectivity index (χ2n) is 2.89. The van der Waals surface area contributed by atoms with Crippen molar-refractivity contribution in [1.82, 2.24) is 0 Å². The van der Waals surface area contributed by atoms with Crippen molar-refractivity contribution in [2.24, 2.45) is 5.92 Å². The van der Waals surface area contributed by atoms with Crippen LogP contribution in [0.15, 0.2) is 0 Å². The summed E-state index contributed by atoms with van der Waals surface area (Å²) >= 11 is 0. The molecule has 0 aromatic heterocycles. The Bertz CT molecular complexity index is 42.0. The standard InChI is InChI=1S/C8H18.CH4O/c1-4-5-6-7-8(2)3;1-2/h8H,4-7H2,1-3H3;2H,1H3. The molecule has 0 saturated carbocycles. The van der Waals surface area contributed by atoms with Gasteiger partial charge in [0.05, 0.1) is 0 Å². The predicted octanol–water partition coefficient (Wildman–Crippen LogP) is 2.83. The number of hydrogen-bond acceptors (Lipinski definition) is 1. The number of aliphatic hydroxyl groups is 1. The lowest BCUT2D eigenvalue weighted by Gasteiger charge is -2.00. The maximum Gasteiger partial charge on any atom is 0.0319 e. The van der Waals surface area contributed by atoms with Crippen LogP contribution >= 0.6 is 0 Å². The molecule has 0 heterocycles. The Labute approximate surface area is 65.5 Å². The van der Waals surface area contributed by atoms with E-state index in [0.29, 0.717) is 0 Å². The van der Waals surface area contributed by atoms with Gasteiger partial charge in [0.15, 0.2) is 0 Å². The first kappa shape index (κ1) is 12.6. The average molecular weight is 146 g/mol. The van der Waals surface area contributed by atoms with Crippen LogP contribution in [0.2, 0.25) is 0 Å². The van der Waals surface area contributed by atoms with E-state index in [1.54, 1.807) is 0 Å². The Morgan fingerprint density at radius 1 is 1.10 bits per heavy atom. The zero-order chi connectivity index (χ0) is 8.41. The molecule has 0 aliphatic rings. The molecule has 10 heavy (non-hydrogen) atoms. The van der Waals surface area contributed by atoms with Crippen molar-refractivity contribution in [3.63, 3.8) is 0 Å². The van der Waals surface area contributed by atoms with E-state index in [2.05, 4.69) is 20.8 Å². The van der Waals surface area contributed by atoms with Gasteiger partial charge >= 0.3 is 0 Å². The largest absolute Gasteiger partial charge is 0.400 e. The Hall–Kier alpha value is -0.0400. The molecule has 0 amide bonds. The first-order chi connectivity index (χ1) is 4.77. The number of hydrogen-bond donors (Lipinski definition) is 1. The molecule has 0 aliphatic carbocycles. The van der Waals surface area contributed by atoms with Crippen LogP contribution in [0.5, 0.6) is 0 Å². The zero-order valence-electron chi connectivity index (χ0n) is 7.85. The summed E-state index contributed by atoms with van der Waals surface area (Å²) in [7, 11) is 1.00. The van der Waals surface area contributed by atoms with Crippen molar-refractivity contribution in [2.45, 2.75) is 46.5 Å². The molecule has 0 fully saturated rings. The minimum absolute atomic E-state index is 0.904. The molecule has 1 heteroatoms. The molecule has 1 N–H and O–H groups in total. The van der Waals surface area contributed by atoms with Crippen molar-refractivity contribution < 1.29 is 5.11 Å². The molecule has 0 saturated heterocycles. The SMILES string of the molecule is CCCCCC(C)C.CO. The third kappa shape index (κ3) is 15.7. The van der Waals surface area contributed by atoms with Gasteiger partial charge in [-0.3, -0.25) is 0 Å². The lowest BCUT2D eigenvalue weighted by Crippen LogP contribution is -1.85. The van der Waals surface area contributed by atoms with Crippen molar-refractivity contribution >= 4 is 0 Å². The Balaban J connectivity index is 0. The molecular weight excluding hydrogens is 124 g/mol. The number of aliphatic hydroxyl groups excluding tert-OH is 1. The first-order valence-corrected chi connectivity index (χ1v) is 4.22. The molecular formula is C9H22O. The van der Waals surface area contributed by atoms with Crippen LogP contribution in [-0.2, 0) is 0 Å². The summed E-state index contributed by atoms with van der Waals surface area (Å²) in [5.74, 6) is 0.904. The highest BCUT2D eigenvalue weighted by atomic mass is 16.2. The summed E-state index contributed by atoms with van der Waals surface area (Å²) in [5, 5.41) is 7.00. The molecule has 0 aromatic rings. The van der Waals surface area contributed by atoms with Crippen LogP contribution < -0.4 is 0 Å². The Kier molecular flexibility index (Phi) is 14.8. The van der Waals surface area contributed by atoms with Crippen LogP contribution in [0.25, 0.3) is 0 Å². The molecule has 0 aliphatic heterocycles. The van der Waals surface area contributed by atoms with E-state index in [9.17, 15) is 0 Å². The van der Waals surface area contributed by atoms with E-state index in [1.165, 1.54) is 25.7 Å². The van der Waals surface area contributed by atoms with Gasteiger partial charge < -0.3 is 5.11 Å². The molecule has 0 aromatic carbocycles. The zero-order valence-corrected chi connectivity index (χ0v) is 7.85. The number of rotatable bonds is 4. The van der Waals surface area contributed by atoms with Crippen molar-refractivity contribution in [1.29, 1.82) is 0 Å². The van der Waals surface area contributed by atoms with Gasteiger partial charge in [0.25, 0.3) is 0 Å². The van der Waals surface area contributed by atoms with E-state index in [1.807, 2.05) is 0 Å². The quantitative estimate of drug-likeness (QED) is 0.605. The summed E-state index contributed by atoms with van der Waals surface area (Å²) in [6.45, 7) is 6.83. The van der Waals surface area contributed by atoms with Gasteiger partial charge in [-0.05, 0) is 5.92 Å². The third-order valence-electron chi connectivity index (χ3n) is 1.39. The average Bonchev–Trinajstić information content (AvgIpc) is 1.92. The highest BCUT2D eigenvalue weighted by molar-refractivity contribution is 4.44. The summed E-state index contributed by atoms with van der Waals surface area (Å²) in [4.78, 5) is 0. The summed E-state index contributed by atoms with van der Waals surface area (Å²) in [6, 6.07) is 0. The highest BCUT2D eigenvalue weighted by Gasteiger charge is 1.90. The van der Waals surface area contributed by atoms with Crippen LogP contribution in [0, 0.1) is 5.92 Å². The third-order valence-corrected chi connectivity index (χ3v) is 1.39. The van der Waals surface area contributed by atoms with Crippen LogP contribution in [0.4, 0.5) is 0 Å². The van der Waals surface area contributed by atoms with Crippen molar-refractivity contribution in [3.8, 4) is 0 Å². The van der Waals surface area contributed by atoms with Gasteiger partial charge in [0, 0.05) is 7.11 Å². The maximum atomic E-state index is 7.00. The summed E-state index contributed by atoms with van der Waals surface area (Å²) in [6.07, 6.45) is 5.60. The lowest BCUT2D eigenvalue weighted by atomic mass is 10.1. The second kappa shape index (κ2) is 11.7. The fraction of sp³-hybridized carbons (Fsp3) is 1.00. The molecule has 0 spiro atoms. The Morgan fingerprint density at radius 3 is 1.90 bits per heavy atom. The van der Waals surface area contributed by atoms with E-state index < -0.39 is 0 Å². The fourth-order valence-electron chi connectivity index (χ4n) is 0.803. The van der Waals surface area contributed by atoms with Crippen LogP contribution in [0.1, 0.15) is 46.5 Å². The summed E-state index contributed by atoms with van der Waals surface area (Å²) in [5.41, 5.74) is 0. The topological polar surface area (TPSA) is 20.2 Å². The molecule has 0 rings (SSSR count). The molecule has 64 valence electrons. The smallest absolute Gasteiger partial charge is 0.0319 e. The second-order valence-corrected chi connectivity index (χ2v) is 2.89. The lowest BCUT2D eigenvalue weighted by molar-refractivity contribution is 0.399. The van der Waals surface area contributed by atoms with E-state index in [4.69, 9.17) is 5.11 Å². The normalized spacial score (nSPS) is 9.00. The molecule has 0 atom stereocenters. The maximum absolute atomic E-state index is 7.00. The van der Waals surface area contributed by atoms with E-state index in [0.717, 1.165) is 13.0 Å². The van der Waals surface area contributed by atoms with Gasteiger partial charge in [-0.15, -0.1) is 0 Å². The highest BCUT2D eigenvalue weighted by Crippen LogP contribution is 2.06. The van der Waals surface area contributed by atoms with E-state index >= 15 is 0 Å².